The van der Waals surface area contributed by atoms with Crippen molar-refractivity contribution < 1.29 is 18.4 Å². The molecule has 13 rings (SSSR count). The summed E-state index contributed by atoms with van der Waals surface area (Å²) >= 11 is 0. The molecule has 0 aromatic heterocycles. The highest BCUT2D eigenvalue weighted by Crippen LogP contribution is 2.72. The fourth-order valence-corrected chi connectivity index (χ4v) is 15.5. The second-order valence-electron chi connectivity index (χ2n) is 17.6. The van der Waals surface area contributed by atoms with E-state index in [2.05, 4.69) is 84.8 Å². The van der Waals surface area contributed by atoms with Gasteiger partial charge in [0.2, 0.25) is 0 Å². The van der Waals surface area contributed by atoms with E-state index in [0.29, 0.717) is 47.8 Å². The first-order valence-corrected chi connectivity index (χ1v) is 18.1. The molecule has 2 aromatic rings. The molecule has 11 aliphatic rings. The van der Waals surface area contributed by atoms with E-state index in [9.17, 15) is 0 Å². The van der Waals surface area contributed by atoms with Gasteiger partial charge in [-0.25, -0.2) is 0 Å². The Morgan fingerprint density at radius 1 is 0.711 bits per heavy atom. The number of rotatable bonds is 0. The van der Waals surface area contributed by atoms with Crippen molar-refractivity contribution in [2.45, 2.75) is 73.1 Å². The molecular formula is C39H44N4O2+2. The van der Waals surface area contributed by atoms with Crippen LogP contribution in [0, 0.1) is 23.7 Å². The number of quaternary nitrogens is 2. The molecule has 2 spiro atoms. The average molecular weight is 601 g/mol. The summed E-state index contributed by atoms with van der Waals surface area (Å²) in [6.07, 6.45) is 10.2. The molecule has 9 aliphatic heterocycles. The van der Waals surface area contributed by atoms with Crippen molar-refractivity contribution in [1.82, 2.24) is 0 Å². The second-order valence-corrected chi connectivity index (χ2v) is 17.6. The van der Waals surface area contributed by atoms with Crippen LogP contribution < -0.4 is 9.80 Å². The molecule has 2 saturated carbocycles. The number of ether oxygens (including phenoxy) is 2. The van der Waals surface area contributed by atoms with Gasteiger partial charge in [-0.05, 0) is 28.8 Å². The van der Waals surface area contributed by atoms with Crippen molar-refractivity contribution in [3.63, 3.8) is 0 Å². The summed E-state index contributed by atoms with van der Waals surface area (Å²) in [6, 6.07) is 21.5. The van der Waals surface area contributed by atoms with Gasteiger partial charge in [-0.15, -0.1) is 0 Å². The minimum atomic E-state index is 0.0659. The Morgan fingerprint density at radius 3 is 1.93 bits per heavy atom. The maximum Gasteiger partial charge on any atom is 0.177 e. The maximum absolute atomic E-state index is 7.41. The summed E-state index contributed by atoms with van der Waals surface area (Å²) in [5, 5.41) is 0. The molecule has 14 atom stereocenters. The van der Waals surface area contributed by atoms with E-state index in [1.807, 2.05) is 0 Å². The van der Waals surface area contributed by atoms with Gasteiger partial charge in [0.15, 0.2) is 6.23 Å². The fourth-order valence-electron chi connectivity index (χ4n) is 15.5. The highest BCUT2D eigenvalue weighted by Gasteiger charge is 2.80. The number of anilines is 2. The van der Waals surface area contributed by atoms with E-state index in [1.165, 1.54) is 65.7 Å². The number of piperidine rings is 2. The third-order valence-corrected chi connectivity index (χ3v) is 16.6. The van der Waals surface area contributed by atoms with Crippen LogP contribution in [0.25, 0.3) is 0 Å². The average Bonchev–Trinajstić information content (AvgIpc) is 3.70. The molecule has 4 bridgehead atoms. The van der Waals surface area contributed by atoms with Crippen LogP contribution in [-0.4, -0.2) is 92.5 Å². The molecule has 2 unspecified atom stereocenters. The molecule has 7 fully saturated rings. The van der Waals surface area contributed by atoms with E-state index in [4.69, 9.17) is 9.47 Å². The lowest BCUT2D eigenvalue weighted by molar-refractivity contribution is -0.925. The van der Waals surface area contributed by atoms with Gasteiger partial charge < -0.3 is 28.2 Å². The van der Waals surface area contributed by atoms with Crippen molar-refractivity contribution in [3.05, 3.63) is 83.1 Å². The molecule has 230 valence electrons. The Balaban J connectivity index is 1.15. The number of nitrogens with zero attached hydrogens (tertiary/aromatic N) is 4. The molecule has 9 heterocycles. The third-order valence-electron chi connectivity index (χ3n) is 16.6. The van der Waals surface area contributed by atoms with Crippen LogP contribution >= 0.6 is 0 Å². The Bertz CT molecular complexity index is 1820. The predicted molar refractivity (Wildman–Crippen MR) is 171 cm³/mol. The zero-order valence-electron chi connectivity index (χ0n) is 26.5. The van der Waals surface area contributed by atoms with Crippen LogP contribution in [-0.2, 0) is 20.3 Å². The first-order valence-electron chi connectivity index (χ1n) is 18.1. The van der Waals surface area contributed by atoms with E-state index < -0.39 is 0 Å². The smallest absolute Gasteiger partial charge is 0.177 e. The standard InChI is InChI=1S/C39H44N4O2/c1-42-14-12-38-27-8-4-6-10-29(27)41-34(38)32-24(17-30(38)42)22(19-42)11-16-44-36(32)40-28-9-5-3-7-26(28)39-13-15-43(2)20-23-21-45-37(41)33(35(39)40)25(23)18-31(39)43/h3-11,21,24-25,30-37H,12-20H2,1-2H3/q+2/t24-,25-,30-,31-,32+,33+,34-,35-,36+,37+,38+,39+,42?,43?/m0/s1. The summed E-state index contributed by atoms with van der Waals surface area (Å²) in [4.78, 5) is 5.91. The third kappa shape index (κ3) is 2.29. The summed E-state index contributed by atoms with van der Waals surface area (Å²) in [5.41, 5.74) is 9.84. The largest absolute Gasteiger partial charge is 0.478 e. The van der Waals surface area contributed by atoms with Crippen LogP contribution in [0.5, 0.6) is 0 Å². The molecule has 5 saturated heterocycles. The summed E-state index contributed by atoms with van der Waals surface area (Å²) in [5.74, 6) is 1.99. The van der Waals surface area contributed by atoms with Gasteiger partial charge in [0.05, 0.1) is 63.0 Å². The zero-order valence-corrected chi connectivity index (χ0v) is 26.5. The molecule has 0 radical (unpaired) electrons. The molecular weight excluding hydrogens is 556 g/mol. The minimum absolute atomic E-state index is 0.0659. The second kappa shape index (κ2) is 7.19. The number of para-hydroxylation sites is 2. The number of benzene rings is 2. The van der Waals surface area contributed by atoms with Crippen LogP contribution in [0.1, 0.15) is 36.8 Å². The topological polar surface area (TPSA) is 24.9 Å². The van der Waals surface area contributed by atoms with Crippen molar-refractivity contribution in [2.75, 3.05) is 56.7 Å². The van der Waals surface area contributed by atoms with E-state index in [0.717, 1.165) is 13.2 Å². The Morgan fingerprint density at radius 2 is 1.27 bits per heavy atom. The monoisotopic (exact) mass is 600 g/mol. The molecule has 6 nitrogen and oxygen atoms in total. The zero-order chi connectivity index (χ0) is 29.2. The van der Waals surface area contributed by atoms with Gasteiger partial charge in [0.25, 0.3) is 0 Å². The molecule has 45 heavy (non-hydrogen) atoms. The minimum Gasteiger partial charge on any atom is -0.478 e. The number of likely N-dealkylation sites (N-methyl/N-ethyl adjacent to an activating group) is 2. The SMILES string of the molecule is C[N+]12CC[C@@]34c5ccccc5N5[C@@H]6OC=C7C[N+]8(C)CC[C@]9%10c%11ccccc%11N([C@@H]%11OCC=C(C1)[C@H](C[C@@H]32)[C@@H]%11[C@H]54)[C@H]9[C@H]6[C@H]7C[C@@H]%108. The van der Waals surface area contributed by atoms with E-state index in [1.54, 1.807) is 22.3 Å². The van der Waals surface area contributed by atoms with Gasteiger partial charge in [0.1, 0.15) is 31.4 Å². The van der Waals surface area contributed by atoms with Crippen molar-refractivity contribution >= 4 is 11.4 Å². The van der Waals surface area contributed by atoms with Gasteiger partial charge in [-0.3, -0.25) is 0 Å². The lowest BCUT2D eigenvalue weighted by Gasteiger charge is -2.66. The Kier molecular flexibility index (Phi) is 3.90. The lowest BCUT2D eigenvalue weighted by atomic mass is 9.52. The Labute approximate surface area is 266 Å². The number of hydrogen-bond donors (Lipinski definition) is 0. The van der Waals surface area contributed by atoms with Crippen molar-refractivity contribution in [1.29, 1.82) is 0 Å². The summed E-state index contributed by atoms with van der Waals surface area (Å²) < 4.78 is 17.1. The first kappa shape index (κ1) is 24.4. The predicted octanol–water partition coefficient (Wildman–Crippen LogP) is 4.51. The van der Waals surface area contributed by atoms with Gasteiger partial charge in [0, 0.05) is 66.3 Å². The molecule has 6 heteroatoms. The van der Waals surface area contributed by atoms with E-state index in [-0.39, 0.29) is 23.3 Å². The normalized spacial score (nSPS) is 53.8. The van der Waals surface area contributed by atoms with Crippen molar-refractivity contribution in [3.8, 4) is 0 Å². The maximum atomic E-state index is 7.41. The van der Waals surface area contributed by atoms with Crippen LogP contribution in [0.2, 0.25) is 0 Å². The Hall–Kier alpha value is -2.80. The number of hydrogen-bond acceptors (Lipinski definition) is 4. The van der Waals surface area contributed by atoms with E-state index >= 15 is 0 Å². The summed E-state index contributed by atoms with van der Waals surface area (Å²) in [6.45, 7) is 5.67. The quantitative estimate of drug-likeness (QED) is 0.328. The molecule has 2 aromatic carbocycles. The fraction of sp³-hybridized carbons (Fsp3) is 0.590. The highest BCUT2D eigenvalue weighted by molar-refractivity contribution is 5.72. The van der Waals surface area contributed by atoms with Crippen LogP contribution in [0.3, 0.4) is 0 Å². The number of fused-ring (bicyclic) bond motifs is 6. The van der Waals surface area contributed by atoms with Crippen molar-refractivity contribution in [2.24, 2.45) is 23.7 Å². The molecule has 2 aliphatic carbocycles. The highest BCUT2D eigenvalue weighted by atomic mass is 16.5. The lowest BCUT2D eigenvalue weighted by Crippen LogP contribution is -2.78. The van der Waals surface area contributed by atoms with Gasteiger partial charge in [-0.2, -0.15) is 0 Å². The first-order chi connectivity index (χ1) is 22.0. The van der Waals surface area contributed by atoms with Crippen LogP contribution in [0.4, 0.5) is 11.4 Å². The summed E-state index contributed by atoms with van der Waals surface area (Å²) in [7, 11) is 5.17. The van der Waals surface area contributed by atoms with Crippen LogP contribution in [0.15, 0.2) is 72.0 Å². The molecule has 0 N–H and O–H groups in total. The van der Waals surface area contributed by atoms with Gasteiger partial charge in [-0.1, -0.05) is 42.5 Å². The molecule has 0 amide bonds. The van der Waals surface area contributed by atoms with Gasteiger partial charge >= 0.3 is 0 Å².